The van der Waals surface area contributed by atoms with E-state index in [2.05, 4.69) is 55.5 Å². The fourth-order valence-corrected chi connectivity index (χ4v) is 2.26. The Labute approximate surface area is 129 Å². The van der Waals surface area contributed by atoms with Gasteiger partial charge >= 0.3 is 0 Å². The molecule has 0 spiro atoms. The van der Waals surface area contributed by atoms with E-state index in [9.17, 15) is 0 Å². The van der Waals surface area contributed by atoms with E-state index in [0.29, 0.717) is 0 Å². The number of benzene rings is 2. The minimum atomic E-state index is 0. The number of hydrogen-bond acceptors (Lipinski definition) is 0. The van der Waals surface area contributed by atoms with E-state index in [1.165, 1.54) is 27.1 Å². The van der Waals surface area contributed by atoms with Gasteiger partial charge < -0.3 is 14.9 Å². The van der Waals surface area contributed by atoms with Crippen molar-refractivity contribution in [2.24, 2.45) is 0 Å². The van der Waals surface area contributed by atoms with Gasteiger partial charge in [-0.1, -0.05) is 49.1 Å². The largest absolute Gasteiger partial charge is 0.358 e. The first-order valence-corrected chi connectivity index (χ1v) is 5.45. The number of fused-ring (bicyclic) bond motifs is 2. The molecule has 0 saturated heterocycles. The first-order valence-electron chi connectivity index (χ1n) is 5.45. The van der Waals surface area contributed by atoms with Crippen LogP contribution in [-0.2, 0) is 32.3 Å². The minimum absolute atomic E-state index is 0. The van der Waals surface area contributed by atoms with Gasteiger partial charge in [0, 0.05) is 25.8 Å². The molecule has 3 aromatic carbocycles. The van der Waals surface area contributed by atoms with Crippen molar-refractivity contribution in [3.8, 4) is 0 Å². The van der Waals surface area contributed by atoms with Gasteiger partial charge in [-0.05, 0) is 5.39 Å². The van der Waals surface area contributed by atoms with E-state index in [-0.39, 0.29) is 40.7 Å². The smallest absolute Gasteiger partial charge is 0 e. The summed E-state index contributed by atoms with van der Waals surface area (Å²) in [7, 11) is 0. The van der Waals surface area contributed by atoms with E-state index >= 15 is 0 Å². The zero-order valence-corrected chi connectivity index (χ0v) is 14.9. The van der Waals surface area contributed by atoms with Gasteiger partial charge in [-0.15, -0.1) is 28.5 Å². The summed E-state index contributed by atoms with van der Waals surface area (Å²) in [4.78, 5) is 0. The minimum Gasteiger partial charge on any atom is -0.358 e. The Morgan fingerprint density at radius 2 is 1.50 bits per heavy atom. The van der Waals surface area contributed by atoms with Crippen LogP contribution in [0.1, 0.15) is 12.5 Å². The second-order valence-corrected chi connectivity index (χ2v) is 4.00. The molecular formula is C17H19Hf-3. The van der Waals surface area contributed by atoms with E-state index in [1.807, 2.05) is 0 Å². The van der Waals surface area contributed by atoms with Gasteiger partial charge in [0.15, 0.2) is 0 Å². The van der Waals surface area contributed by atoms with Crippen molar-refractivity contribution in [3.05, 3.63) is 68.9 Å². The van der Waals surface area contributed by atoms with E-state index in [4.69, 9.17) is 0 Å². The summed E-state index contributed by atoms with van der Waals surface area (Å²) < 4.78 is 0. The van der Waals surface area contributed by atoms with Crippen LogP contribution in [0.25, 0.3) is 21.5 Å². The zero-order valence-electron chi connectivity index (χ0n) is 11.3. The van der Waals surface area contributed by atoms with Gasteiger partial charge in [0.2, 0.25) is 0 Å². The normalized spacial score (nSPS) is 9.39. The summed E-state index contributed by atoms with van der Waals surface area (Å²) in [5.74, 6) is 0. The summed E-state index contributed by atoms with van der Waals surface area (Å²) in [6.07, 6.45) is 1.11. The molecule has 0 aromatic heterocycles. The molecule has 0 radical (unpaired) electrons. The molecule has 0 aliphatic heterocycles. The third-order valence-corrected chi connectivity index (χ3v) is 3.11. The third-order valence-electron chi connectivity index (χ3n) is 3.11. The Hall–Kier alpha value is -0.820. The van der Waals surface area contributed by atoms with Gasteiger partial charge in [0.1, 0.15) is 0 Å². The van der Waals surface area contributed by atoms with E-state index in [0.717, 1.165) is 6.42 Å². The predicted octanol–water partition coefficient (Wildman–Crippen LogP) is 5.17. The average molecular weight is 402 g/mol. The summed E-state index contributed by atoms with van der Waals surface area (Å²) in [6, 6.07) is 17.6. The molecule has 0 unspecified atom stereocenters. The maximum atomic E-state index is 2.31. The Bertz CT molecular complexity index is 620. The van der Waals surface area contributed by atoms with Crippen LogP contribution in [-0.4, -0.2) is 0 Å². The second-order valence-electron chi connectivity index (χ2n) is 4.00. The molecule has 1 heteroatoms. The molecule has 0 aliphatic carbocycles. The summed E-state index contributed by atoms with van der Waals surface area (Å²) in [5, 5.41) is 5.45. The Morgan fingerprint density at radius 3 is 2.11 bits per heavy atom. The molecule has 0 heterocycles. The second kappa shape index (κ2) is 6.94. The third kappa shape index (κ3) is 2.77. The van der Waals surface area contributed by atoms with Gasteiger partial charge in [0.25, 0.3) is 0 Å². The maximum absolute atomic E-state index is 2.31. The van der Waals surface area contributed by atoms with E-state index in [1.54, 1.807) is 0 Å². The van der Waals surface area contributed by atoms with Crippen LogP contribution >= 0.6 is 0 Å². The molecule has 0 N–H and O–H groups in total. The monoisotopic (exact) mass is 403 g/mol. The van der Waals surface area contributed by atoms with Crippen LogP contribution in [0.3, 0.4) is 0 Å². The topological polar surface area (TPSA) is 0 Å². The van der Waals surface area contributed by atoms with Crippen molar-refractivity contribution in [3.63, 3.8) is 0 Å². The van der Waals surface area contributed by atoms with Crippen molar-refractivity contribution >= 4 is 21.5 Å². The summed E-state index contributed by atoms with van der Waals surface area (Å²) >= 11 is 0. The molecule has 0 aliphatic rings. The van der Waals surface area contributed by atoms with Crippen molar-refractivity contribution in [2.75, 3.05) is 0 Å². The van der Waals surface area contributed by atoms with Crippen molar-refractivity contribution in [1.29, 1.82) is 0 Å². The van der Waals surface area contributed by atoms with Gasteiger partial charge in [0.05, 0.1) is 0 Å². The van der Waals surface area contributed by atoms with Gasteiger partial charge in [-0.3, -0.25) is 0 Å². The quantitative estimate of drug-likeness (QED) is 0.389. The molecule has 18 heavy (non-hydrogen) atoms. The molecule has 0 atom stereocenters. The molecule has 0 bridgehead atoms. The van der Waals surface area contributed by atoms with E-state index < -0.39 is 0 Å². The molecule has 0 saturated carbocycles. The van der Waals surface area contributed by atoms with Crippen molar-refractivity contribution < 1.29 is 25.8 Å². The predicted molar refractivity (Wildman–Crippen MR) is 79.3 cm³/mol. The van der Waals surface area contributed by atoms with Crippen LogP contribution in [0, 0.1) is 14.9 Å². The molecular weight excluding hydrogens is 383 g/mol. The van der Waals surface area contributed by atoms with Crippen LogP contribution in [0.15, 0.2) is 48.5 Å². The molecule has 0 fully saturated rings. The van der Waals surface area contributed by atoms with Crippen LogP contribution in [0.5, 0.6) is 0 Å². The molecule has 0 nitrogen and oxygen atoms in total. The summed E-state index contributed by atoms with van der Waals surface area (Å²) in [5.41, 5.74) is 1.45. The fraction of sp³-hybridized carbons (Fsp3) is 0.118. The summed E-state index contributed by atoms with van der Waals surface area (Å²) in [6.45, 7) is 2.21. The van der Waals surface area contributed by atoms with Gasteiger partial charge in [-0.25, -0.2) is 0 Å². The zero-order chi connectivity index (χ0) is 10.3. The SMILES string of the molecule is CC[c-]1ccc2cc3ccccc3cc21.[CH3-].[CH3-].[Hf]. The standard InChI is InChI=1S/C15H13.2CH3.Hf/c1-2-11-7-8-14-9-12-5-3-4-6-13(12)10-15(11)14;;;/h3-10H,2H2,1H3;2*1H3;/q3*-1;. The average Bonchev–Trinajstić information content (AvgIpc) is 2.68. The van der Waals surface area contributed by atoms with Crippen molar-refractivity contribution in [2.45, 2.75) is 13.3 Å². The van der Waals surface area contributed by atoms with Crippen LogP contribution in [0.4, 0.5) is 0 Å². The molecule has 94 valence electrons. The number of hydrogen-bond donors (Lipinski definition) is 0. The fourth-order valence-electron chi connectivity index (χ4n) is 2.26. The number of aryl methyl sites for hydroxylation is 1. The van der Waals surface area contributed by atoms with Crippen LogP contribution in [0.2, 0.25) is 0 Å². The van der Waals surface area contributed by atoms with Crippen molar-refractivity contribution in [1.82, 2.24) is 0 Å². The Morgan fingerprint density at radius 1 is 0.889 bits per heavy atom. The first kappa shape index (κ1) is 17.2. The van der Waals surface area contributed by atoms with Gasteiger partial charge in [-0.2, -0.15) is 6.07 Å². The molecule has 3 rings (SSSR count). The van der Waals surface area contributed by atoms with Crippen LogP contribution < -0.4 is 0 Å². The Kier molecular flexibility index (Phi) is 6.62. The maximum Gasteiger partial charge on any atom is 0 e. The molecule has 0 amide bonds. The Balaban J connectivity index is 0.000000963. The molecule has 3 aromatic rings. The first-order chi connectivity index (χ1) is 7.38. The number of rotatable bonds is 1.